The van der Waals surface area contributed by atoms with Gasteiger partial charge in [0.15, 0.2) is 0 Å². The second-order valence-electron chi connectivity index (χ2n) is 2.29. The van der Waals surface area contributed by atoms with Crippen LogP contribution < -0.4 is 5.73 Å². The number of thiocarbonyl (C=S) groups is 1. The van der Waals surface area contributed by atoms with Gasteiger partial charge in [-0.25, -0.2) is 4.79 Å². The van der Waals surface area contributed by atoms with E-state index in [2.05, 4.69) is 12.2 Å². The van der Waals surface area contributed by atoms with Crippen LogP contribution in [0, 0.1) is 5.92 Å². The minimum atomic E-state index is -0.896. The van der Waals surface area contributed by atoms with Gasteiger partial charge in [-0.15, -0.1) is 0 Å². The van der Waals surface area contributed by atoms with Gasteiger partial charge in [0.2, 0.25) is 0 Å². The smallest absolute Gasteiger partial charge is 0.407 e. The maximum absolute atomic E-state index is 10.2. The van der Waals surface area contributed by atoms with Crippen molar-refractivity contribution in [3.05, 3.63) is 0 Å². The second-order valence-corrected chi connectivity index (χ2v) is 2.76. The summed E-state index contributed by atoms with van der Waals surface area (Å²) >= 11 is 4.67. The summed E-state index contributed by atoms with van der Waals surface area (Å²) in [4.78, 5) is 11.9. The van der Waals surface area contributed by atoms with Crippen LogP contribution in [0.5, 0.6) is 0 Å². The zero-order valence-electron chi connectivity index (χ0n) is 5.28. The first kappa shape index (κ1) is 7.27. The predicted molar refractivity (Wildman–Crippen MR) is 39.9 cm³/mol. The largest absolute Gasteiger partial charge is 0.465 e. The first-order valence-corrected chi connectivity index (χ1v) is 3.29. The van der Waals surface area contributed by atoms with E-state index < -0.39 is 6.09 Å². The zero-order chi connectivity index (χ0) is 7.72. The molecule has 0 atom stereocenters. The number of carbonyl (C=O) groups is 1. The van der Waals surface area contributed by atoms with Crippen molar-refractivity contribution >= 4 is 23.3 Å². The van der Waals surface area contributed by atoms with Crippen LogP contribution in [-0.4, -0.2) is 34.2 Å². The number of hydrogen-bond donors (Lipinski definition) is 2. The molecular formula is C5H8N2O2S. The summed E-state index contributed by atoms with van der Waals surface area (Å²) in [5, 5.41) is 8.37. The predicted octanol–water partition coefficient (Wildman–Crippen LogP) is -0.118. The zero-order valence-corrected chi connectivity index (χ0v) is 6.10. The number of amides is 1. The van der Waals surface area contributed by atoms with Gasteiger partial charge in [-0.1, -0.05) is 12.2 Å². The molecule has 4 nitrogen and oxygen atoms in total. The van der Waals surface area contributed by atoms with Crippen molar-refractivity contribution < 1.29 is 9.90 Å². The van der Waals surface area contributed by atoms with Crippen LogP contribution in [0.15, 0.2) is 0 Å². The van der Waals surface area contributed by atoms with E-state index in [0.29, 0.717) is 18.1 Å². The van der Waals surface area contributed by atoms with Crippen LogP contribution >= 0.6 is 12.2 Å². The third-order valence-electron chi connectivity index (χ3n) is 1.55. The summed E-state index contributed by atoms with van der Waals surface area (Å²) in [6.07, 6.45) is -0.896. The Balaban J connectivity index is 2.31. The summed E-state index contributed by atoms with van der Waals surface area (Å²) in [7, 11) is 0. The highest BCUT2D eigenvalue weighted by Crippen LogP contribution is 2.14. The van der Waals surface area contributed by atoms with E-state index in [1.54, 1.807) is 0 Å². The Morgan fingerprint density at radius 3 is 2.50 bits per heavy atom. The number of nitrogens with zero attached hydrogens (tertiary/aromatic N) is 1. The van der Waals surface area contributed by atoms with Crippen molar-refractivity contribution in [1.29, 1.82) is 0 Å². The van der Waals surface area contributed by atoms with Gasteiger partial charge in [0.1, 0.15) is 0 Å². The number of likely N-dealkylation sites (tertiary alicyclic amines) is 1. The van der Waals surface area contributed by atoms with Crippen molar-refractivity contribution in [3.8, 4) is 0 Å². The van der Waals surface area contributed by atoms with Gasteiger partial charge in [0.05, 0.1) is 4.99 Å². The summed E-state index contributed by atoms with van der Waals surface area (Å²) in [6.45, 7) is 0.926. The van der Waals surface area contributed by atoms with Crippen molar-refractivity contribution in [1.82, 2.24) is 4.90 Å². The molecule has 1 aliphatic rings. The summed E-state index contributed by atoms with van der Waals surface area (Å²) in [5.74, 6) is 0.103. The lowest BCUT2D eigenvalue weighted by atomic mass is 10.0. The summed E-state index contributed by atoms with van der Waals surface area (Å²) in [6, 6.07) is 0. The average Bonchev–Trinajstić information content (AvgIpc) is 1.56. The molecule has 10 heavy (non-hydrogen) atoms. The Bertz CT molecular complexity index is 158. The van der Waals surface area contributed by atoms with Crippen LogP contribution in [0.2, 0.25) is 0 Å². The first-order valence-electron chi connectivity index (χ1n) is 2.88. The molecule has 0 saturated carbocycles. The maximum atomic E-state index is 10.2. The minimum absolute atomic E-state index is 0.103. The molecule has 1 saturated heterocycles. The second kappa shape index (κ2) is 2.42. The Hall–Kier alpha value is -0.840. The molecular weight excluding hydrogens is 152 g/mol. The Morgan fingerprint density at radius 1 is 1.70 bits per heavy atom. The van der Waals surface area contributed by atoms with E-state index >= 15 is 0 Å². The fraction of sp³-hybridized carbons (Fsp3) is 0.600. The van der Waals surface area contributed by atoms with Crippen LogP contribution in [0.4, 0.5) is 4.79 Å². The molecule has 0 aromatic rings. The molecule has 0 aliphatic carbocycles. The highest BCUT2D eigenvalue weighted by Gasteiger charge is 2.31. The van der Waals surface area contributed by atoms with Crippen LogP contribution in [0.3, 0.4) is 0 Å². The van der Waals surface area contributed by atoms with Gasteiger partial charge >= 0.3 is 6.09 Å². The monoisotopic (exact) mass is 160 g/mol. The van der Waals surface area contributed by atoms with Crippen LogP contribution in [0.25, 0.3) is 0 Å². The van der Waals surface area contributed by atoms with Gasteiger partial charge in [0.25, 0.3) is 0 Å². The van der Waals surface area contributed by atoms with E-state index in [9.17, 15) is 4.79 Å². The van der Waals surface area contributed by atoms with Gasteiger partial charge < -0.3 is 15.7 Å². The number of rotatable bonds is 1. The molecule has 5 heteroatoms. The lowest BCUT2D eigenvalue weighted by molar-refractivity contribution is 0.103. The van der Waals surface area contributed by atoms with Crippen molar-refractivity contribution in [2.75, 3.05) is 13.1 Å². The summed E-state index contributed by atoms with van der Waals surface area (Å²) < 4.78 is 0. The molecule has 0 radical (unpaired) electrons. The average molecular weight is 160 g/mol. The van der Waals surface area contributed by atoms with E-state index in [4.69, 9.17) is 10.8 Å². The lowest BCUT2D eigenvalue weighted by Crippen LogP contribution is -2.53. The molecule has 0 spiro atoms. The molecule has 0 aromatic carbocycles. The highest BCUT2D eigenvalue weighted by molar-refractivity contribution is 7.80. The molecule has 3 N–H and O–H groups in total. The molecule has 1 rings (SSSR count). The molecule has 0 aromatic heterocycles. The Kier molecular flexibility index (Phi) is 1.76. The number of nitrogens with two attached hydrogens (primary N) is 1. The maximum Gasteiger partial charge on any atom is 0.407 e. The van der Waals surface area contributed by atoms with E-state index in [1.807, 2.05) is 0 Å². The number of carboxylic acid groups (broad SMARTS) is 1. The van der Waals surface area contributed by atoms with Crippen molar-refractivity contribution in [3.63, 3.8) is 0 Å². The Labute approximate surface area is 63.6 Å². The molecule has 0 bridgehead atoms. The van der Waals surface area contributed by atoms with Crippen molar-refractivity contribution in [2.45, 2.75) is 0 Å². The first-order chi connectivity index (χ1) is 4.61. The molecule has 0 unspecified atom stereocenters. The third-order valence-corrected chi connectivity index (χ3v) is 1.89. The quantitative estimate of drug-likeness (QED) is 0.525. The fourth-order valence-electron chi connectivity index (χ4n) is 0.815. The molecule has 1 heterocycles. The van der Waals surface area contributed by atoms with Gasteiger partial charge in [0, 0.05) is 19.0 Å². The fourth-order valence-corrected chi connectivity index (χ4v) is 0.964. The Morgan fingerprint density at radius 2 is 2.20 bits per heavy atom. The van der Waals surface area contributed by atoms with Gasteiger partial charge in [-0.3, -0.25) is 0 Å². The molecule has 1 amide bonds. The van der Waals surface area contributed by atoms with Gasteiger partial charge in [-0.2, -0.15) is 0 Å². The van der Waals surface area contributed by atoms with Crippen LogP contribution in [-0.2, 0) is 0 Å². The lowest BCUT2D eigenvalue weighted by Gasteiger charge is -2.36. The normalized spacial score (nSPS) is 18.2. The van der Waals surface area contributed by atoms with E-state index in [1.165, 1.54) is 4.90 Å². The minimum Gasteiger partial charge on any atom is -0.465 e. The SMILES string of the molecule is NC(=S)C1CN(C(=O)O)C1. The standard InChI is InChI=1S/C5H8N2O2S/c6-4(10)3-1-7(2-3)5(8)9/h3H,1-2H2,(H2,6,10)(H,8,9). The van der Waals surface area contributed by atoms with E-state index in [-0.39, 0.29) is 5.92 Å². The molecule has 56 valence electrons. The highest BCUT2D eigenvalue weighted by atomic mass is 32.1. The van der Waals surface area contributed by atoms with Crippen LogP contribution in [0.1, 0.15) is 0 Å². The van der Waals surface area contributed by atoms with Gasteiger partial charge in [-0.05, 0) is 0 Å². The summed E-state index contributed by atoms with van der Waals surface area (Å²) in [5.41, 5.74) is 5.27. The molecule has 1 fully saturated rings. The molecule has 1 aliphatic heterocycles. The topological polar surface area (TPSA) is 66.6 Å². The van der Waals surface area contributed by atoms with Crippen molar-refractivity contribution in [2.24, 2.45) is 11.7 Å². The van der Waals surface area contributed by atoms with E-state index in [0.717, 1.165) is 0 Å². The number of hydrogen-bond acceptors (Lipinski definition) is 2. The third kappa shape index (κ3) is 1.18.